The second-order valence-electron chi connectivity index (χ2n) is 5.61. The highest BCUT2D eigenvalue weighted by Crippen LogP contribution is 2.46. The summed E-state index contributed by atoms with van der Waals surface area (Å²) in [6.45, 7) is 4.81. The van der Waals surface area contributed by atoms with E-state index in [1.165, 1.54) is 12.0 Å². The first kappa shape index (κ1) is 14.2. The third kappa shape index (κ3) is 3.21. The van der Waals surface area contributed by atoms with Crippen molar-refractivity contribution in [3.63, 3.8) is 0 Å². The molecule has 1 aliphatic rings. The van der Waals surface area contributed by atoms with Crippen LogP contribution in [0.3, 0.4) is 0 Å². The predicted molar refractivity (Wildman–Crippen MR) is 81.7 cm³/mol. The van der Waals surface area contributed by atoms with Gasteiger partial charge in [-0.1, -0.05) is 36.2 Å². The van der Waals surface area contributed by atoms with E-state index in [2.05, 4.69) is 30.2 Å². The molecule has 0 aromatic heterocycles. The van der Waals surface area contributed by atoms with E-state index in [1.807, 2.05) is 18.2 Å². The smallest absolute Gasteiger partial charge is 0.188 e. The first-order valence-corrected chi connectivity index (χ1v) is 7.23. The van der Waals surface area contributed by atoms with Gasteiger partial charge in [-0.05, 0) is 38.3 Å². The minimum atomic E-state index is 0.0849. The first-order chi connectivity index (χ1) is 9.03. The number of nitrogens with one attached hydrogen (secondary N) is 1. The number of halogens is 1. The lowest BCUT2D eigenvalue weighted by molar-refractivity contribution is 0.253. The molecule has 0 radical (unpaired) electrons. The summed E-state index contributed by atoms with van der Waals surface area (Å²) in [5.74, 6) is 0.522. The Kier molecular flexibility index (Phi) is 4.35. The summed E-state index contributed by atoms with van der Waals surface area (Å²) >= 11 is 6.33. The van der Waals surface area contributed by atoms with E-state index in [0.717, 1.165) is 17.9 Å². The van der Waals surface area contributed by atoms with Crippen molar-refractivity contribution in [2.24, 2.45) is 10.7 Å². The van der Waals surface area contributed by atoms with Crippen molar-refractivity contribution in [3.05, 3.63) is 34.9 Å². The Hall–Kier alpha value is -1.22. The zero-order chi connectivity index (χ0) is 13.9. The maximum Gasteiger partial charge on any atom is 0.188 e. The standard InChI is InChI=1S/C15H22ClN3/c1-11(2)19-14(17)18-10-15(8-5-9-15)12-6-3-4-7-13(12)16/h3-4,6-7,11H,5,8-10H2,1-2H3,(H3,17,18,19). The van der Waals surface area contributed by atoms with Gasteiger partial charge in [0.25, 0.3) is 0 Å². The van der Waals surface area contributed by atoms with Gasteiger partial charge in [-0.2, -0.15) is 0 Å². The Morgan fingerprint density at radius 3 is 2.63 bits per heavy atom. The normalized spacial score (nSPS) is 18.2. The minimum Gasteiger partial charge on any atom is -0.370 e. The number of guanidine groups is 1. The molecule has 19 heavy (non-hydrogen) atoms. The Morgan fingerprint density at radius 1 is 1.42 bits per heavy atom. The van der Waals surface area contributed by atoms with Crippen molar-refractivity contribution in [2.75, 3.05) is 6.54 Å². The quantitative estimate of drug-likeness (QED) is 0.657. The molecule has 0 amide bonds. The van der Waals surface area contributed by atoms with Crippen LogP contribution in [0.5, 0.6) is 0 Å². The summed E-state index contributed by atoms with van der Waals surface area (Å²) in [6.07, 6.45) is 3.50. The highest BCUT2D eigenvalue weighted by Gasteiger charge is 2.39. The molecule has 1 saturated carbocycles. The molecule has 3 nitrogen and oxygen atoms in total. The van der Waals surface area contributed by atoms with E-state index >= 15 is 0 Å². The largest absolute Gasteiger partial charge is 0.370 e. The van der Waals surface area contributed by atoms with Crippen LogP contribution in [0.4, 0.5) is 0 Å². The number of nitrogens with zero attached hydrogens (tertiary/aromatic N) is 1. The molecule has 4 heteroatoms. The fraction of sp³-hybridized carbons (Fsp3) is 0.533. The van der Waals surface area contributed by atoms with Gasteiger partial charge in [-0.3, -0.25) is 4.99 Å². The van der Waals surface area contributed by atoms with Gasteiger partial charge in [0.05, 0.1) is 6.54 Å². The van der Waals surface area contributed by atoms with Crippen molar-refractivity contribution < 1.29 is 0 Å². The molecule has 1 aliphatic carbocycles. The third-order valence-corrected chi connectivity index (χ3v) is 4.07. The second-order valence-corrected chi connectivity index (χ2v) is 6.02. The van der Waals surface area contributed by atoms with Gasteiger partial charge < -0.3 is 11.1 Å². The number of benzene rings is 1. The number of nitrogens with two attached hydrogens (primary N) is 1. The average molecular weight is 280 g/mol. The molecule has 2 rings (SSSR count). The number of hydrogen-bond acceptors (Lipinski definition) is 1. The van der Waals surface area contributed by atoms with Crippen LogP contribution in [0.1, 0.15) is 38.7 Å². The fourth-order valence-electron chi connectivity index (χ4n) is 2.59. The van der Waals surface area contributed by atoms with Crippen LogP contribution in [0.15, 0.2) is 29.3 Å². The van der Waals surface area contributed by atoms with Gasteiger partial charge in [-0.25, -0.2) is 0 Å². The summed E-state index contributed by atoms with van der Waals surface area (Å²) in [6, 6.07) is 8.39. The number of hydrogen-bond donors (Lipinski definition) is 2. The molecule has 0 spiro atoms. The Balaban J connectivity index is 2.14. The molecule has 1 aromatic rings. The molecule has 1 aromatic carbocycles. The monoisotopic (exact) mass is 279 g/mol. The van der Waals surface area contributed by atoms with Crippen LogP contribution in [0.2, 0.25) is 5.02 Å². The lowest BCUT2D eigenvalue weighted by Crippen LogP contribution is -2.41. The van der Waals surface area contributed by atoms with E-state index in [-0.39, 0.29) is 5.41 Å². The summed E-state index contributed by atoms with van der Waals surface area (Å²) < 4.78 is 0. The topological polar surface area (TPSA) is 50.4 Å². The van der Waals surface area contributed by atoms with Crippen LogP contribution in [-0.2, 0) is 5.41 Å². The summed E-state index contributed by atoms with van der Waals surface area (Å²) in [7, 11) is 0. The highest BCUT2D eigenvalue weighted by molar-refractivity contribution is 6.31. The van der Waals surface area contributed by atoms with Gasteiger partial charge >= 0.3 is 0 Å². The number of aliphatic imine (C=N–C) groups is 1. The van der Waals surface area contributed by atoms with Crippen molar-refractivity contribution in [3.8, 4) is 0 Å². The van der Waals surface area contributed by atoms with Crippen LogP contribution in [0, 0.1) is 0 Å². The summed E-state index contributed by atoms with van der Waals surface area (Å²) in [5, 5.41) is 3.96. The Labute approximate surface area is 120 Å². The molecule has 0 aliphatic heterocycles. The van der Waals surface area contributed by atoms with E-state index < -0.39 is 0 Å². The zero-order valence-electron chi connectivity index (χ0n) is 11.6. The maximum atomic E-state index is 6.33. The van der Waals surface area contributed by atoms with Crippen LogP contribution in [-0.4, -0.2) is 18.5 Å². The molecule has 0 bridgehead atoms. The summed E-state index contributed by atoms with van der Waals surface area (Å²) in [5.41, 5.74) is 7.18. The molecule has 0 unspecified atom stereocenters. The van der Waals surface area contributed by atoms with E-state index in [9.17, 15) is 0 Å². The van der Waals surface area contributed by atoms with Gasteiger partial charge in [0.1, 0.15) is 0 Å². The van der Waals surface area contributed by atoms with Gasteiger partial charge in [-0.15, -0.1) is 0 Å². The molecule has 0 heterocycles. The average Bonchev–Trinajstić information content (AvgIpc) is 2.29. The van der Waals surface area contributed by atoms with Gasteiger partial charge in [0.2, 0.25) is 0 Å². The van der Waals surface area contributed by atoms with E-state index in [0.29, 0.717) is 18.5 Å². The van der Waals surface area contributed by atoms with Gasteiger partial charge in [0, 0.05) is 16.5 Å². The molecule has 1 fully saturated rings. The maximum absolute atomic E-state index is 6.33. The molecule has 0 saturated heterocycles. The van der Waals surface area contributed by atoms with E-state index in [1.54, 1.807) is 0 Å². The first-order valence-electron chi connectivity index (χ1n) is 6.85. The predicted octanol–water partition coefficient (Wildman–Crippen LogP) is 3.07. The van der Waals surface area contributed by atoms with E-state index in [4.69, 9.17) is 17.3 Å². The van der Waals surface area contributed by atoms with Gasteiger partial charge in [0.15, 0.2) is 5.96 Å². The van der Waals surface area contributed by atoms with Crippen LogP contribution >= 0.6 is 11.6 Å². The zero-order valence-corrected chi connectivity index (χ0v) is 12.4. The Morgan fingerprint density at radius 2 is 2.11 bits per heavy atom. The molecular formula is C15H22ClN3. The van der Waals surface area contributed by atoms with Crippen molar-refractivity contribution >= 4 is 17.6 Å². The summed E-state index contributed by atoms with van der Waals surface area (Å²) in [4.78, 5) is 4.50. The molecule has 3 N–H and O–H groups in total. The van der Waals surface area contributed by atoms with Crippen LogP contribution < -0.4 is 11.1 Å². The lowest BCUT2D eigenvalue weighted by Gasteiger charge is -2.41. The molecule has 0 atom stereocenters. The highest BCUT2D eigenvalue weighted by atomic mass is 35.5. The minimum absolute atomic E-state index is 0.0849. The lowest BCUT2D eigenvalue weighted by atomic mass is 9.64. The third-order valence-electron chi connectivity index (χ3n) is 3.74. The van der Waals surface area contributed by atoms with Crippen molar-refractivity contribution in [1.29, 1.82) is 0 Å². The fourth-order valence-corrected chi connectivity index (χ4v) is 2.92. The van der Waals surface area contributed by atoms with Crippen LogP contribution in [0.25, 0.3) is 0 Å². The molecular weight excluding hydrogens is 258 g/mol. The van der Waals surface area contributed by atoms with Crippen molar-refractivity contribution in [2.45, 2.75) is 44.6 Å². The Bertz CT molecular complexity index is 464. The molecule has 104 valence electrons. The second kappa shape index (κ2) is 5.83. The SMILES string of the molecule is CC(C)NC(N)=NCC1(c2ccccc2Cl)CCC1. The number of rotatable bonds is 4. The van der Waals surface area contributed by atoms with Crippen molar-refractivity contribution in [1.82, 2.24) is 5.32 Å².